The second kappa shape index (κ2) is 8.76. The average Bonchev–Trinajstić information content (AvgIpc) is 3.05. The van der Waals surface area contributed by atoms with Crippen molar-refractivity contribution < 1.29 is 4.57 Å². The zero-order chi connectivity index (χ0) is 30.0. The predicted molar refractivity (Wildman–Crippen MR) is 195 cm³/mol. The third kappa shape index (κ3) is 3.36. The van der Waals surface area contributed by atoms with Gasteiger partial charge >= 0.3 is 0 Å². The number of benzene rings is 6. The van der Waals surface area contributed by atoms with Gasteiger partial charge in [-0.3, -0.25) is 0 Å². The zero-order valence-electron chi connectivity index (χ0n) is 25.3. The van der Waals surface area contributed by atoms with Gasteiger partial charge in [0.15, 0.2) is 7.14 Å². The van der Waals surface area contributed by atoms with E-state index in [1.54, 1.807) is 0 Å². The summed E-state index contributed by atoms with van der Waals surface area (Å²) in [6, 6.07) is 43.9. The number of fused-ring (bicyclic) bond motifs is 7. The van der Waals surface area contributed by atoms with E-state index in [0.29, 0.717) is 0 Å². The maximum absolute atomic E-state index is 16.5. The monoisotopic (exact) mass is 617 g/mol. The smallest absolute Gasteiger partial charge is 0.170 e. The number of para-hydroxylation sites is 1. The Balaban J connectivity index is 1.45. The second-order valence-electron chi connectivity index (χ2n) is 13.6. The molecule has 1 aromatic heterocycles. The maximum Gasteiger partial charge on any atom is 0.170 e. The molecule has 0 atom stereocenters. The Labute approximate surface area is 259 Å². The van der Waals surface area contributed by atoms with Gasteiger partial charge in [-0.2, -0.15) is 0 Å². The molecule has 9 rings (SSSR count). The lowest BCUT2D eigenvalue weighted by atomic mass is 10.1. The maximum atomic E-state index is 16.5. The van der Waals surface area contributed by atoms with Crippen molar-refractivity contribution >= 4 is 92.4 Å². The lowest BCUT2D eigenvalue weighted by Gasteiger charge is -2.46. The van der Waals surface area contributed by atoms with Gasteiger partial charge in [0.1, 0.15) is 16.1 Å². The van der Waals surface area contributed by atoms with Crippen molar-refractivity contribution in [3.8, 4) is 11.3 Å². The number of aromatic nitrogens is 1. The van der Waals surface area contributed by atoms with Gasteiger partial charge in [-0.25, -0.2) is 4.98 Å². The Bertz CT molecular complexity index is 2320. The molecule has 3 heterocycles. The van der Waals surface area contributed by atoms with Crippen LogP contribution in [0.3, 0.4) is 0 Å². The van der Waals surface area contributed by atoms with Gasteiger partial charge in [0, 0.05) is 21.3 Å². The molecule has 6 aromatic carbocycles. The van der Waals surface area contributed by atoms with Gasteiger partial charge in [0.25, 0.3) is 0 Å². The van der Waals surface area contributed by atoms with Crippen molar-refractivity contribution in [2.75, 3.05) is 0 Å². The normalized spacial score (nSPS) is 16.8. The molecule has 0 aliphatic carbocycles. The van der Waals surface area contributed by atoms with Crippen LogP contribution in [0.2, 0.25) is 26.2 Å². The van der Waals surface area contributed by atoms with Gasteiger partial charge in [-0.1, -0.05) is 123 Å². The fourth-order valence-electron chi connectivity index (χ4n) is 7.94. The third-order valence-electron chi connectivity index (χ3n) is 10.4. The van der Waals surface area contributed by atoms with Crippen molar-refractivity contribution in [1.82, 2.24) is 4.98 Å². The molecule has 0 amide bonds. The average molecular weight is 618 g/mol. The van der Waals surface area contributed by atoms with Crippen LogP contribution in [0.15, 0.2) is 121 Å². The molecule has 0 unspecified atom stereocenters. The van der Waals surface area contributed by atoms with Gasteiger partial charge in [-0.15, -0.1) is 0 Å². The number of rotatable bonds is 1. The first-order valence-corrected chi connectivity index (χ1v) is 23.1. The SMILES string of the molecule is C[Si]1(C)c2cc3ccccc3cc2P2(=O)c3cc4ccccc4cc3[Si](C)(C)c3cc(-c4ccc5ccccc5n4)cc1c32. The lowest BCUT2D eigenvalue weighted by Crippen LogP contribution is -2.77. The van der Waals surface area contributed by atoms with Crippen LogP contribution in [-0.2, 0) is 4.57 Å². The van der Waals surface area contributed by atoms with Crippen LogP contribution in [0.1, 0.15) is 0 Å². The molecule has 0 fully saturated rings. The molecular formula is C39H32NOPSi2. The van der Waals surface area contributed by atoms with Crippen LogP contribution >= 0.6 is 7.14 Å². The molecule has 0 radical (unpaired) electrons. The topological polar surface area (TPSA) is 30.0 Å². The summed E-state index contributed by atoms with van der Waals surface area (Å²) in [5.41, 5.74) is 3.13. The first-order valence-electron chi connectivity index (χ1n) is 15.4. The van der Waals surface area contributed by atoms with Gasteiger partial charge in [0.2, 0.25) is 0 Å². The van der Waals surface area contributed by atoms with E-state index in [1.807, 2.05) is 0 Å². The fraction of sp³-hybridized carbons (Fsp3) is 0.103. The summed E-state index contributed by atoms with van der Waals surface area (Å²) >= 11 is 0. The number of nitrogens with zero attached hydrogens (tertiary/aromatic N) is 1. The van der Waals surface area contributed by atoms with E-state index in [4.69, 9.17) is 4.98 Å². The molecule has 2 aliphatic heterocycles. The van der Waals surface area contributed by atoms with E-state index < -0.39 is 23.3 Å². The minimum Gasteiger partial charge on any atom is -0.309 e. The first kappa shape index (κ1) is 26.3. The van der Waals surface area contributed by atoms with E-state index in [2.05, 4.69) is 148 Å². The van der Waals surface area contributed by atoms with Crippen LogP contribution in [0.4, 0.5) is 0 Å². The Kier molecular flexibility index (Phi) is 5.24. The van der Waals surface area contributed by atoms with Crippen molar-refractivity contribution in [3.05, 3.63) is 121 Å². The standard InChI is InChI=1S/C39H32NOPSi2/c1-43(2)35-21-28-14-7-5-12-26(28)19-33(35)42(41)34-20-27-13-6-8-15-29(27)22-36(34)44(3,4)38-24-30(23-37(43)39(38)42)32-18-17-25-11-9-10-16-31(25)40-32/h5-24H,1-4H3. The fourth-order valence-corrected chi connectivity index (χ4v) is 21.8. The predicted octanol–water partition coefficient (Wildman–Crippen LogP) is 6.12. The summed E-state index contributed by atoms with van der Waals surface area (Å²) in [5, 5.41) is 14.5. The van der Waals surface area contributed by atoms with Crippen molar-refractivity contribution in [2.45, 2.75) is 26.2 Å². The molecule has 0 saturated heterocycles. The Morgan fingerprint density at radius 1 is 0.500 bits per heavy atom. The summed E-state index contributed by atoms with van der Waals surface area (Å²) in [4.78, 5) is 5.15. The van der Waals surface area contributed by atoms with E-state index in [9.17, 15) is 0 Å². The first-order chi connectivity index (χ1) is 21.2. The highest BCUT2D eigenvalue weighted by molar-refractivity contribution is 7.88. The molecular weight excluding hydrogens is 586 g/mol. The Morgan fingerprint density at radius 2 is 0.955 bits per heavy atom. The van der Waals surface area contributed by atoms with Gasteiger partial charge < -0.3 is 4.57 Å². The molecule has 212 valence electrons. The molecule has 2 nitrogen and oxygen atoms in total. The highest BCUT2D eigenvalue weighted by atomic mass is 31.2. The molecule has 0 spiro atoms. The Morgan fingerprint density at radius 3 is 1.48 bits per heavy atom. The second-order valence-corrected chi connectivity index (χ2v) is 24.9. The molecule has 0 bridgehead atoms. The number of hydrogen-bond donors (Lipinski definition) is 0. The molecule has 0 N–H and O–H groups in total. The highest BCUT2D eigenvalue weighted by Crippen LogP contribution is 2.47. The highest BCUT2D eigenvalue weighted by Gasteiger charge is 2.54. The molecule has 0 saturated carbocycles. The van der Waals surface area contributed by atoms with Crippen LogP contribution in [0.25, 0.3) is 43.7 Å². The largest absolute Gasteiger partial charge is 0.309 e. The molecule has 7 aromatic rings. The summed E-state index contributed by atoms with van der Waals surface area (Å²) in [7, 11) is -7.75. The summed E-state index contributed by atoms with van der Waals surface area (Å²) in [6.45, 7) is 9.84. The van der Waals surface area contributed by atoms with Crippen LogP contribution in [0, 0.1) is 0 Å². The van der Waals surface area contributed by atoms with Crippen molar-refractivity contribution in [2.24, 2.45) is 0 Å². The zero-order valence-corrected chi connectivity index (χ0v) is 28.2. The minimum absolute atomic E-state index is 0.987. The molecule has 2 aliphatic rings. The van der Waals surface area contributed by atoms with Crippen molar-refractivity contribution in [1.29, 1.82) is 0 Å². The van der Waals surface area contributed by atoms with E-state index in [0.717, 1.165) is 48.8 Å². The van der Waals surface area contributed by atoms with E-state index in [1.165, 1.54) is 31.5 Å². The van der Waals surface area contributed by atoms with Crippen LogP contribution in [0.5, 0.6) is 0 Å². The summed E-state index contributed by atoms with van der Waals surface area (Å²) in [5.74, 6) is 0. The van der Waals surface area contributed by atoms with Crippen molar-refractivity contribution in [3.63, 3.8) is 0 Å². The van der Waals surface area contributed by atoms with Crippen LogP contribution in [-0.4, -0.2) is 21.1 Å². The summed E-state index contributed by atoms with van der Waals surface area (Å²) in [6.07, 6.45) is 0. The van der Waals surface area contributed by atoms with E-state index in [-0.39, 0.29) is 0 Å². The lowest BCUT2D eigenvalue weighted by molar-refractivity contribution is 0.592. The quantitative estimate of drug-likeness (QED) is 0.164. The van der Waals surface area contributed by atoms with Crippen LogP contribution < -0.4 is 36.7 Å². The number of pyridine rings is 1. The molecule has 5 heteroatoms. The molecule has 44 heavy (non-hydrogen) atoms. The third-order valence-corrected chi connectivity index (χ3v) is 21.5. The number of hydrogen-bond acceptors (Lipinski definition) is 2. The van der Waals surface area contributed by atoms with Gasteiger partial charge in [-0.05, 0) is 72.1 Å². The summed E-state index contributed by atoms with van der Waals surface area (Å²) < 4.78 is 16.5. The van der Waals surface area contributed by atoms with Gasteiger partial charge in [0.05, 0.1) is 11.2 Å². The minimum atomic E-state index is -3.19. The van der Waals surface area contributed by atoms with E-state index >= 15 is 4.57 Å². The Hall–Kier alpha value is -4.09.